The summed E-state index contributed by atoms with van der Waals surface area (Å²) in [5.41, 5.74) is 3.28. The second-order valence-electron chi connectivity index (χ2n) is 11.2. The molecule has 0 fully saturated rings. The van der Waals surface area contributed by atoms with Gasteiger partial charge in [-0.05, 0) is 42.5 Å². The Hall–Kier alpha value is -4.48. The van der Waals surface area contributed by atoms with Crippen LogP contribution < -0.4 is 28.3 Å². The summed E-state index contributed by atoms with van der Waals surface area (Å²) in [5, 5.41) is 0. The number of nitrogens with zero attached hydrogens (tertiary/aromatic N) is 4. The van der Waals surface area contributed by atoms with Crippen LogP contribution in [0.4, 0.5) is 11.4 Å². The zero-order valence-corrected chi connectivity index (χ0v) is 29.0. The van der Waals surface area contributed by atoms with Crippen LogP contribution in [-0.4, -0.2) is 103 Å². The van der Waals surface area contributed by atoms with Crippen LogP contribution in [0.25, 0.3) is 22.5 Å². The molecular formula is C32H39N4O10S2+. The molecule has 2 N–H and O–H groups in total. The van der Waals surface area contributed by atoms with E-state index < -0.39 is 42.4 Å². The molecule has 16 heteroatoms. The van der Waals surface area contributed by atoms with E-state index in [1.54, 1.807) is 79.9 Å². The molecule has 4 rings (SSSR count). The van der Waals surface area contributed by atoms with Crippen molar-refractivity contribution in [3.8, 4) is 45.5 Å². The Bertz CT molecular complexity index is 1940. The van der Waals surface area contributed by atoms with Gasteiger partial charge in [0.1, 0.15) is 34.8 Å². The number of rotatable bonds is 15. The van der Waals surface area contributed by atoms with Crippen molar-refractivity contribution >= 4 is 31.6 Å². The molecule has 0 aliphatic rings. The summed E-state index contributed by atoms with van der Waals surface area (Å²) in [6.07, 6.45) is 2.98. The first-order valence-corrected chi connectivity index (χ1v) is 17.7. The summed E-state index contributed by atoms with van der Waals surface area (Å²) < 4.78 is 90.3. The van der Waals surface area contributed by atoms with Gasteiger partial charge in [0.2, 0.25) is 5.88 Å². The van der Waals surface area contributed by atoms with Crippen LogP contribution in [0.3, 0.4) is 0 Å². The van der Waals surface area contributed by atoms with Crippen molar-refractivity contribution in [2.24, 2.45) is 0 Å². The number of hydrogen-bond acceptors (Lipinski definition) is 11. The lowest BCUT2D eigenvalue weighted by Crippen LogP contribution is -2.62. The molecule has 0 spiro atoms. The third kappa shape index (κ3) is 8.70. The lowest BCUT2D eigenvalue weighted by Gasteiger charge is -2.41. The first-order chi connectivity index (χ1) is 22.6. The SMILES string of the molecule is COc1ccc(-c2ccc(N(C)CC(CS(=O)(=O)O)[N+](C)(CS(=O)(=O)O)c3ccc(-c4ccc(OC)cc4OC)nc3)cn2)c(OC)c1. The molecule has 4 aromatic rings. The number of anilines is 1. The van der Waals surface area contributed by atoms with Crippen LogP contribution in [0.1, 0.15) is 0 Å². The topological polar surface area (TPSA) is 175 Å². The number of hydrogen-bond donors (Lipinski definition) is 2. The molecule has 14 nitrogen and oxygen atoms in total. The van der Waals surface area contributed by atoms with Crippen molar-refractivity contribution in [1.82, 2.24) is 14.5 Å². The second kappa shape index (κ2) is 14.7. The highest BCUT2D eigenvalue weighted by molar-refractivity contribution is 7.86. The molecule has 0 saturated heterocycles. The van der Waals surface area contributed by atoms with Crippen LogP contribution in [0.2, 0.25) is 0 Å². The summed E-state index contributed by atoms with van der Waals surface area (Å²) >= 11 is 0. The first kappa shape index (κ1) is 36.4. The van der Waals surface area contributed by atoms with Crippen molar-refractivity contribution in [1.29, 1.82) is 0 Å². The summed E-state index contributed by atoms with van der Waals surface area (Å²) in [7, 11) is -0.0474. The van der Waals surface area contributed by atoms with Gasteiger partial charge in [-0.3, -0.25) is 18.6 Å². The van der Waals surface area contributed by atoms with Crippen LogP contribution in [-0.2, 0) is 20.2 Å². The average Bonchev–Trinajstić information content (AvgIpc) is 3.06. The van der Waals surface area contributed by atoms with E-state index >= 15 is 0 Å². The zero-order chi connectivity index (χ0) is 35.3. The largest absolute Gasteiger partial charge is 0.497 e. The quantitative estimate of drug-likeness (QED) is 0.134. The third-order valence-corrected chi connectivity index (χ3v) is 9.69. The van der Waals surface area contributed by atoms with E-state index in [1.165, 1.54) is 34.6 Å². The molecule has 0 bridgehead atoms. The van der Waals surface area contributed by atoms with Gasteiger partial charge < -0.3 is 23.8 Å². The maximum absolute atomic E-state index is 12.4. The molecule has 2 atom stereocenters. The van der Waals surface area contributed by atoms with Crippen LogP contribution in [0.5, 0.6) is 23.0 Å². The fourth-order valence-electron chi connectivity index (χ4n) is 5.43. The first-order valence-electron chi connectivity index (χ1n) is 14.4. The fourth-order valence-corrected chi connectivity index (χ4v) is 7.39. The minimum Gasteiger partial charge on any atom is -0.497 e. The van der Waals surface area contributed by atoms with Crippen LogP contribution >= 0.6 is 0 Å². The number of pyridine rings is 2. The highest BCUT2D eigenvalue weighted by atomic mass is 32.2. The van der Waals surface area contributed by atoms with Gasteiger partial charge in [-0.2, -0.15) is 16.8 Å². The predicted molar refractivity (Wildman–Crippen MR) is 183 cm³/mol. The molecule has 2 unspecified atom stereocenters. The molecule has 0 aliphatic heterocycles. The van der Waals surface area contributed by atoms with Gasteiger partial charge >= 0.3 is 10.1 Å². The van der Waals surface area contributed by atoms with Crippen molar-refractivity contribution < 1.29 is 44.9 Å². The minimum absolute atomic E-state index is 0.0766. The lowest BCUT2D eigenvalue weighted by atomic mass is 10.1. The van der Waals surface area contributed by atoms with Gasteiger partial charge in [0.15, 0.2) is 5.69 Å². The van der Waals surface area contributed by atoms with Gasteiger partial charge in [0.25, 0.3) is 10.1 Å². The van der Waals surface area contributed by atoms with Crippen LogP contribution in [0, 0.1) is 0 Å². The lowest BCUT2D eigenvalue weighted by molar-refractivity contribution is 0.283. The van der Waals surface area contributed by atoms with Crippen molar-refractivity contribution in [2.45, 2.75) is 6.04 Å². The highest BCUT2D eigenvalue weighted by Crippen LogP contribution is 2.35. The summed E-state index contributed by atoms with van der Waals surface area (Å²) in [6, 6.07) is 16.1. The van der Waals surface area contributed by atoms with Crippen molar-refractivity contribution in [2.75, 3.05) is 65.6 Å². The monoisotopic (exact) mass is 703 g/mol. The number of ether oxygens (including phenoxy) is 4. The Kier molecular flexibility index (Phi) is 11.2. The van der Waals surface area contributed by atoms with Crippen molar-refractivity contribution in [3.05, 3.63) is 73.1 Å². The Morgan fingerprint density at radius 3 is 1.65 bits per heavy atom. The Labute approximate surface area is 280 Å². The maximum Gasteiger partial charge on any atom is 0.316 e. The molecule has 48 heavy (non-hydrogen) atoms. The predicted octanol–water partition coefficient (Wildman–Crippen LogP) is 4.02. The molecule has 0 saturated carbocycles. The smallest absolute Gasteiger partial charge is 0.316 e. The molecule has 0 aliphatic carbocycles. The van der Waals surface area contributed by atoms with Crippen LogP contribution in [0.15, 0.2) is 73.1 Å². The molecule has 2 aromatic carbocycles. The second-order valence-corrected chi connectivity index (χ2v) is 14.1. The van der Waals surface area contributed by atoms with Gasteiger partial charge in [-0.1, -0.05) is 0 Å². The van der Waals surface area contributed by atoms with E-state index in [9.17, 15) is 25.9 Å². The Morgan fingerprint density at radius 1 is 0.729 bits per heavy atom. The number of methoxy groups -OCH3 is 4. The normalized spacial score (nSPS) is 13.7. The minimum atomic E-state index is -4.68. The van der Waals surface area contributed by atoms with E-state index in [-0.39, 0.29) is 12.2 Å². The number of aromatic nitrogens is 2. The summed E-state index contributed by atoms with van der Waals surface area (Å²) in [5.74, 6) is 0.509. The van der Waals surface area contributed by atoms with E-state index in [2.05, 4.69) is 9.97 Å². The maximum atomic E-state index is 12.4. The van der Waals surface area contributed by atoms with Crippen molar-refractivity contribution in [3.63, 3.8) is 0 Å². The van der Waals surface area contributed by atoms with E-state index in [1.807, 2.05) is 6.07 Å². The van der Waals surface area contributed by atoms with Gasteiger partial charge in [-0.15, -0.1) is 0 Å². The molecule has 258 valence electrons. The van der Waals surface area contributed by atoms with Gasteiger partial charge in [0.05, 0.1) is 71.5 Å². The molecular weight excluding hydrogens is 665 g/mol. The molecule has 2 aromatic heterocycles. The number of likely N-dealkylation sites (N-methyl/N-ethyl adjacent to an activating group) is 2. The van der Waals surface area contributed by atoms with Gasteiger partial charge in [-0.25, -0.2) is 4.98 Å². The van der Waals surface area contributed by atoms with E-state index in [0.717, 1.165) is 5.56 Å². The Morgan fingerprint density at radius 2 is 1.25 bits per heavy atom. The Balaban J connectivity index is 1.70. The summed E-state index contributed by atoms with van der Waals surface area (Å²) in [6.45, 7) is -0.0766. The average molecular weight is 704 g/mol. The standard InChI is InChI=1S/C32H38N4O10S2/c1-35(22-7-13-29(33-17-22)27-11-9-25(43-3)15-31(27)45-5)19-24(20-47(37,38)39)36(2,21-48(40,41)42)23-8-14-30(34-18-23)28-12-10-26(44-4)16-32(28)46-6/h7-18,24H,19-21H2,1-6H3,(H-,37,38,39,40,41,42)/p+1. The third-order valence-electron chi connectivity index (χ3n) is 8.02. The van der Waals surface area contributed by atoms with E-state index in [4.69, 9.17) is 18.9 Å². The number of benzene rings is 2. The highest BCUT2D eigenvalue weighted by Gasteiger charge is 2.42. The van der Waals surface area contributed by atoms with E-state index in [0.29, 0.717) is 45.6 Å². The summed E-state index contributed by atoms with van der Waals surface area (Å²) in [4.78, 5) is 10.8. The fraction of sp³-hybridized carbons (Fsp3) is 0.312. The molecule has 2 heterocycles. The van der Waals surface area contributed by atoms with Gasteiger partial charge in [0, 0.05) is 36.4 Å². The zero-order valence-electron chi connectivity index (χ0n) is 27.4. The number of quaternary nitrogens is 1. The molecule has 0 radical (unpaired) electrons. The molecule has 0 amide bonds.